The van der Waals surface area contributed by atoms with Crippen molar-refractivity contribution < 1.29 is 9.13 Å². The van der Waals surface area contributed by atoms with Gasteiger partial charge in [0.25, 0.3) is 0 Å². The van der Waals surface area contributed by atoms with Crippen molar-refractivity contribution in [3.63, 3.8) is 0 Å². The van der Waals surface area contributed by atoms with Crippen LogP contribution in [0.2, 0.25) is 0 Å². The minimum Gasteiger partial charge on any atom is -0.349 e. The van der Waals surface area contributed by atoms with Crippen LogP contribution in [0.25, 0.3) is 0 Å². The highest BCUT2D eigenvalue weighted by atomic mass is 19.1. The van der Waals surface area contributed by atoms with Crippen molar-refractivity contribution in [2.75, 3.05) is 26.4 Å². The Labute approximate surface area is 78.0 Å². The van der Waals surface area contributed by atoms with Gasteiger partial charge in [0.05, 0.1) is 0 Å². The first-order chi connectivity index (χ1) is 6.33. The van der Waals surface area contributed by atoms with Gasteiger partial charge < -0.3 is 10.1 Å². The second kappa shape index (κ2) is 5.92. The maximum Gasteiger partial charge on any atom is 0.150 e. The smallest absolute Gasteiger partial charge is 0.150 e. The van der Waals surface area contributed by atoms with E-state index in [1.54, 1.807) is 0 Å². The third-order valence-electron chi connectivity index (χ3n) is 1.85. The minimum absolute atomic E-state index is 0.00473. The van der Waals surface area contributed by atoms with E-state index >= 15 is 0 Å². The fourth-order valence-corrected chi connectivity index (χ4v) is 1.12. The Balaban J connectivity index is 2.09. The van der Waals surface area contributed by atoms with E-state index in [1.165, 1.54) is 0 Å². The first-order valence-corrected chi connectivity index (χ1v) is 4.43. The number of ether oxygens (including phenoxy) is 1. The summed E-state index contributed by atoms with van der Waals surface area (Å²) in [5.41, 5.74) is 0. The second-order valence-electron chi connectivity index (χ2n) is 3.00. The number of halogens is 1. The SMILES string of the molecule is C[C@@H]1CNC(OCC#CCF)CN1. The molecule has 1 heterocycles. The Morgan fingerprint density at radius 1 is 1.38 bits per heavy atom. The lowest BCUT2D eigenvalue weighted by atomic mass is 10.2. The van der Waals surface area contributed by atoms with Gasteiger partial charge >= 0.3 is 0 Å². The van der Waals surface area contributed by atoms with Crippen LogP contribution < -0.4 is 10.6 Å². The van der Waals surface area contributed by atoms with Gasteiger partial charge in [-0.25, -0.2) is 4.39 Å². The molecule has 0 spiro atoms. The van der Waals surface area contributed by atoms with Crippen LogP contribution in [0, 0.1) is 11.8 Å². The van der Waals surface area contributed by atoms with Crippen molar-refractivity contribution in [3.8, 4) is 11.8 Å². The number of hydrogen-bond acceptors (Lipinski definition) is 3. The zero-order chi connectivity index (χ0) is 9.52. The molecule has 2 N–H and O–H groups in total. The van der Waals surface area contributed by atoms with E-state index in [0.29, 0.717) is 6.04 Å². The van der Waals surface area contributed by atoms with Crippen molar-refractivity contribution in [2.24, 2.45) is 0 Å². The van der Waals surface area contributed by atoms with Crippen LogP contribution in [-0.4, -0.2) is 38.6 Å². The number of alkyl halides is 1. The van der Waals surface area contributed by atoms with E-state index in [0.717, 1.165) is 13.1 Å². The summed E-state index contributed by atoms with van der Waals surface area (Å²) in [6.07, 6.45) is 0.00473. The first-order valence-electron chi connectivity index (χ1n) is 4.43. The molecule has 0 amide bonds. The summed E-state index contributed by atoms with van der Waals surface area (Å²) >= 11 is 0. The number of hydrogen-bond donors (Lipinski definition) is 2. The lowest BCUT2D eigenvalue weighted by Gasteiger charge is -2.28. The van der Waals surface area contributed by atoms with Gasteiger partial charge in [0.1, 0.15) is 19.5 Å². The molecule has 2 atom stereocenters. The molecular weight excluding hydrogens is 171 g/mol. The van der Waals surface area contributed by atoms with Crippen LogP contribution in [0.15, 0.2) is 0 Å². The van der Waals surface area contributed by atoms with Crippen molar-refractivity contribution in [1.82, 2.24) is 10.6 Å². The van der Waals surface area contributed by atoms with Gasteiger partial charge in [-0.2, -0.15) is 0 Å². The van der Waals surface area contributed by atoms with Crippen molar-refractivity contribution in [3.05, 3.63) is 0 Å². The van der Waals surface area contributed by atoms with Crippen molar-refractivity contribution >= 4 is 0 Å². The molecule has 1 aliphatic rings. The number of nitrogens with one attached hydrogen (secondary N) is 2. The fraction of sp³-hybridized carbons (Fsp3) is 0.778. The lowest BCUT2D eigenvalue weighted by molar-refractivity contribution is 0.0348. The van der Waals surface area contributed by atoms with E-state index in [9.17, 15) is 4.39 Å². The van der Waals surface area contributed by atoms with Gasteiger partial charge in [-0.3, -0.25) is 5.32 Å². The largest absolute Gasteiger partial charge is 0.349 e. The molecular formula is C9H15FN2O. The van der Waals surface area contributed by atoms with Crippen LogP contribution in [0.3, 0.4) is 0 Å². The Morgan fingerprint density at radius 3 is 2.85 bits per heavy atom. The third-order valence-corrected chi connectivity index (χ3v) is 1.85. The van der Waals surface area contributed by atoms with Crippen LogP contribution in [0.1, 0.15) is 6.92 Å². The highest BCUT2D eigenvalue weighted by molar-refractivity contribution is 4.99. The monoisotopic (exact) mass is 186 g/mol. The Morgan fingerprint density at radius 2 is 2.23 bits per heavy atom. The molecule has 1 unspecified atom stereocenters. The number of piperazine rings is 1. The lowest BCUT2D eigenvalue weighted by Crippen LogP contribution is -2.54. The molecule has 1 aliphatic heterocycles. The summed E-state index contributed by atoms with van der Waals surface area (Å²) in [7, 11) is 0. The van der Waals surface area contributed by atoms with E-state index in [-0.39, 0.29) is 12.8 Å². The van der Waals surface area contributed by atoms with E-state index < -0.39 is 6.67 Å². The minimum atomic E-state index is -0.600. The highest BCUT2D eigenvalue weighted by Crippen LogP contribution is 1.93. The molecule has 0 radical (unpaired) electrons. The van der Waals surface area contributed by atoms with Crippen molar-refractivity contribution in [1.29, 1.82) is 0 Å². The molecule has 1 rings (SSSR count). The molecule has 0 aromatic heterocycles. The van der Waals surface area contributed by atoms with Gasteiger partial charge in [-0.1, -0.05) is 11.8 Å². The molecule has 3 nitrogen and oxygen atoms in total. The molecule has 0 saturated carbocycles. The molecule has 1 fully saturated rings. The number of rotatable bonds is 2. The molecule has 0 aliphatic carbocycles. The summed E-state index contributed by atoms with van der Waals surface area (Å²) < 4.78 is 16.9. The Hall–Kier alpha value is -0.630. The van der Waals surface area contributed by atoms with Gasteiger partial charge in [-0.05, 0) is 6.92 Å². The van der Waals surface area contributed by atoms with Gasteiger partial charge in [0.2, 0.25) is 0 Å². The second-order valence-corrected chi connectivity index (χ2v) is 3.00. The first kappa shape index (κ1) is 10.5. The summed E-state index contributed by atoms with van der Waals surface area (Å²) in [5, 5.41) is 6.46. The van der Waals surface area contributed by atoms with Gasteiger partial charge in [0.15, 0.2) is 0 Å². The standard InChI is InChI=1S/C9H15FN2O/c1-8-6-12-9(7-11-8)13-5-3-2-4-10/h8-9,11-12H,4-7H2,1H3/t8-,9?/m1/s1. The molecule has 1 saturated heterocycles. The van der Waals surface area contributed by atoms with Crippen molar-refractivity contribution in [2.45, 2.75) is 19.2 Å². The van der Waals surface area contributed by atoms with Gasteiger partial charge in [-0.15, -0.1) is 0 Å². The molecule has 0 bridgehead atoms. The van der Waals surface area contributed by atoms with Crippen LogP contribution in [0.5, 0.6) is 0 Å². The Bertz CT molecular complexity index is 192. The summed E-state index contributed by atoms with van der Waals surface area (Å²) in [6, 6.07) is 0.483. The molecule has 4 heteroatoms. The predicted octanol–water partition coefficient (Wildman–Crippen LogP) is -0.117. The molecule has 0 aromatic rings. The molecule has 0 aromatic carbocycles. The molecule has 74 valence electrons. The maximum absolute atomic E-state index is 11.6. The maximum atomic E-state index is 11.6. The molecule has 13 heavy (non-hydrogen) atoms. The topological polar surface area (TPSA) is 33.3 Å². The zero-order valence-corrected chi connectivity index (χ0v) is 7.77. The van der Waals surface area contributed by atoms with Crippen LogP contribution >= 0.6 is 0 Å². The Kier molecular flexibility index (Phi) is 4.76. The summed E-state index contributed by atoms with van der Waals surface area (Å²) in [6.45, 7) is 3.46. The average Bonchev–Trinajstić information content (AvgIpc) is 2.15. The van der Waals surface area contributed by atoms with E-state index in [2.05, 4.69) is 29.4 Å². The van der Waals surface area contributed by atoms with Crippen LogP contribution in [-0.2, 0) is 4.74 Å². The predicted molar refractivity (Wildman–Crippen MR) is 49.0 cm³/mol. The van der Waals surface area contributed by atoms with Gasteiger partial charge in [0, 0.05) is 19.1 Å². The van der Waals surface area contributed by atoms with E-state index in [1.807, 2.05) is 0 Å². The summed E-state index contributed by atoms with van der Waals surface area (Å²) in [5.74, 6) is 4.89. The van der Waals surface area contributed by atoms with Crippen LogP contribution in [0.4, 0.5) is 4.39 Å². The summed E-state index contributed by atoms with van der Waals surface area (Å²) in [4.78, 5) is 0. The zero-order valence-electron chi connectivity index (χ0n) is 7.77. The quantitative estimate of drug-likeness (QED) is 0.590. The highest BCUT2D eigenvalue weighted by Gasteiger charge is 2.15. The average molecular weight is 186 g/mol. The fourth-order valence-electron chi connectivity index (χ4n) is 1.12. The van der Waals surface area contributed by atoms with E-state index in [4.69, 9.17) is 4.74 Å². The third kappa shape index (κ3) is 4.23. The normalized spacial score (nSPS) is 27.8.